The summed E-state index contributed by atoms with van der Waals surface area (Å²) < 4.78 is 30.9. The van der Waals surface area contributed by atoms with E-state index in [9.17, 15) is 4.79 Å². The molecule has 16 heteroatoms. The smallest absolute Gasteiger partial charge is 0.373 e. The van der Waals surface area contributed by atoms with Crippen molar-refractivity contribution in [2.45, 2.75) is 380 Å². The normalized spacial score (nSPS) is 16.6. The highest BCUT2D eigenvalue weighted by molar-refractivity contribution is 5.89. The summed E-state index contributed by atoms with van der Waals surface area (Å²) in [5.41, 5.74) is 5.64. The Morgan fingerprint density at radius 1 is 0.449 bits per heavy atom. The van der Waals surface area contributed by atoms with E-state index in [-0.39, 0.29) is 37.4 Å². The van der Waals surface area contributed by atoms with Gasteiger partial charge in [-0.05, 0) is 286 Å². The molecule has 5 heterocycles. The van der Waals surface area contributed by atoms with Crippen molar-refractivity contribution in [1.82, 2.24) is 9.80 Å². The van der Waals surface area contributed by atoms with Crippen LogP contribution >= 0.6 is 0 Å². The van der Waals surface area contributed by atoms with Gasteiger partial charge in [-0.15, -0.1) is 0 Å². The zero-order valence-electron chi connectivity index (χ0n) is 95.7. The van der Waals surface area contributed by atoms with Crippen LogP contribution in [0.3, 0.4) is 0 Å². The van der Waals surface area contributed by atoms with E-state index in [1.165, 1.54) is 204 Å². The van der Waals surface area contributed by atoms with Crippen molar-refractivity contribution in [2.75, 3.05) is 149 Å². The average Bonchev–Trinajstić information content (AvgIpc) is 1.66. The SMILES string of the molecule is CC(C)C(CO)Cc1ccccc1.CC(C)CC1CCC1.CC(C)CC1CCOC1.CC(C)CC1CCOCC1.CC(C)CCCC1CCN(c2ccccc2)CC1.CC(C)CCCN1CCN(c2ccccc2)CC1.CC(C)N1CCOCC1.CCC(C)C(C)C.CCC(CO)(CO)C(C)C.CCOC(C)CCCC(C)C.COC(=O)c1cccc(CC(C)C)c1.COC(C)CC(C)C.O=C=O. The number of rotatable bonds is 39. The molecule has 1 aliphatic carbocycles. The number of morpholine rings is 1. The fourth-order valence-electron chi connectivity index (χ4n) is 17.4. The Morgan fingerprint density at radius 3 is 1.27 bits per heavy atom. The predicted octanol–water partition coefficient (Wildman–Crippen LogP) is 29.7. The third kappa shape index (κ3) is 76.5. The molecule has 138 heavy (non-hydrogen) atoms. The molecule has 0 amide bonds. The highest BCUT2D eigenvalue weighted by Crippen LogP contribution is 2.33. The third-order valence-corrected chi connectivity index (χ3v) is 27.6. The summed E-state index contributed by atoms with van der Waals surface area (Å²) in [5, 5.41) is 27.1. The summed E-state index contributed by atoms with van der Waals surface area (Å²) in [6, 6.07) is 40.3. The number of hydrogen-bond acceptors (Lipinski definition) is 16. The molecule has 10 rings (SSSR count). The number of hydrogen-bond donors (Lipinski definition) is 3. The molecule has 804 valence electrons. The first-order valence-electron chi connectivity index (χ1n) is 55.6. The van der Waals surface area contributed by atoms with E-state index < -0.39 is 0 Å². The molecule has 16 nitrogen and oxygen atoms in total. The van der Waals surface area contributed by atoms with E-state index >= 15 is 0 Å². The topological polar surface area (TPSA) is 180 Å². The second-order valence-electron chi connectivity index (χ2n) is 44.8. The monoisotopic (exact) mass is 1940 g/mol. The number of anilines is 2. The lowest BCUT2D eigenvalue weighted by Crippen LogP contribution is -2.46. The van der Waals surface area contributed by atoms with Crippen LogP contribution in [0, 0.1) is 106 Å². The molecular weight excluding hydrogens is 1710 g/mol. The van der Waals surface area contributed by atoms with Gasteiger partial charge in [0.2, 0.25) is 0 Å². The van der Waals surface area contributed by atoms with Crippen molar-refractivity contribution < 1.29 is 58.1 Å². The zero-order chi connectivity index (χ0) is 105. The molecule has 5 saturated heterocycles. The summed E-state index contributed by atoms with van der Waals surface area (Å²) in [6.07, 6.45) is 32.6. The first-order valence-corrected chi connectivity index (χ1v) is 55.6. The fraction of sp³-hybridized carbons (Fsp3) is 0.787. The van der Waals surface area contributed by atoms with Crippen LogP contribution < -0.4 is 9.80 Å². The Kier molecular flexibility index (Phi) is 87.8. The van der Waals surface area contributed by atoms with Crippen molar-refractivity contribution in [3.63, 3.8) is 0 Å². The van der Waals surface area contributed by atoms with Crippen LogP contribution in [0.1, 0.15) is 370 Å². The molecule has 5 aliphatic heterocycles. The number of para-hydroxylation sites is 2. The Morgan fingerprint density at radius 2 is 0.906 bits per heavy atom. The van der Waals surface area contributed by atoms with E-state index in [4.69, 9.17) is 48.6 Å². The molecule has 6 aliphatic rings. The van der Waals surface area contributed by atoms with Crippen LogP contribution in [0.5, 0.6) is 0 Å². The Bertz CT molecular complexity index is 3180. The maximum Gasteiger partial charge on any atom is 0.373 e. The minimum absolute atomic E-state index is 0.0810. The van der Waals surface area contributed by atoms with Crippen LogP contribution in [-0.4, -0.2) is 195 Å². The van der Waals surface area contributed by atoms with Crippen LogP contribution in [0.4, 0.5) is 11.4 Å². The lowest BCUT2D eigenvalue weighted by molar-refractivity contribution is -0.191. The van der Waals surface area contributed by atoms with Gasteiger partial charge in [0, 0.05) is 122 Å². The zero-order valence-corrected chi connectivity index (χ0v) is 95.7. The molecule has 6 fully saturated rings. The number of piperidine rings is 1. The maximum atomic E-state index is 11.2. The fourth-order valence-corrected chi connectivity index (χ4v) is 17.4. The second kappa shape index (κ2) is 88.4. The number of aliphatic hydroxyl groups is 3. The van der Waals surface area contributed by atoms with Gasteiger partial charge in [0.05, 0.1) is 51.3 Å². The van der Waals surface area contributed by atoms with Gasteiger partial charge in [-0.25, -0.2) is 4.79 Å². The van der Waals surface area contributed by atoms with Gasteiger partial charge >= 0.3 is 12.1 Å². The molecule has 1 saturated carbocycles. The van der Waals surface area contributed by atoms with Crippen molar-refractivity contribution in [2.24, 2.45) is 106 Å². The summed E-state index contributed by atoms with van der Waals surface area (Å²) in [6.45, 7) is 84.4. The molecule has 0 bridgehead atoms. The van der Waals surface area contributed by atoms with Gasteiger partial charge in [0.15, 0.2) is 0 Å². The molecule has 0 aromatic heterocycles. The van der Waals surface area contributed by atoms with Crippen molar-refractivity contribution in [3.05, 3.63) is 132 Å². The molecule has 0 spiro atoms. The standard InChI is InChI=1S/C17H27N.C16H26N2.C12H16O2.C12H18O.C10H22O.C9H18O.C8H18O2.C8H16O.C8H16.C7H15NO.C7H16O.C7H16.CO2/c1-15(2)7-6-8-16-11-13-18(14-12-16)17-9-4-3-5-10-17;1-15(2)7-6-10-17-11-13-18(14-12-17)16-8-4-3-5-9-16;1-9(2)7-10-5-4-6-11(8-10)12(13)14-3;1-10(2)12(9-13)8-11-6-4-3-5-7-11;1-5-11-10(4)8-6-7-9(2)3;1-8(2)7-9-3-5-10-6-4-9;1-4-8(5-9,6-10)7(2)3;1-7(2)5-8-3-4-9-6-8;1-7(2)6-8-4-3-5-8;1-7(2)8-3-5-9-6-4-8;1-6(2)5-7(3)8-4;1-5-7(4)6(2)3;2-1-3/h3-5,9-10,15-16H,6-8,11-14H2,1-2H3;3-5,8-9,15H,6-7,10-14H2,1-2H3;4-6,8-9H,7H2,1-3H3;3-7,10,12-13H,8-9H2,1-2H3;9-10H,5-8H2,1-4H3;8-9H,3-7H2,1-2H3;7,9-10H,4-6H2,1-3H3;7-8H,3-6H2,1-2H3;7-8H,3-6H2,1-2H3;7H,3-6H2,1-2H3;6-7H,5H2,1-4H3;6-7H,5H2,1-4H3;. The average molecular weight is 1940 g/mol. The lowest BCUT2D eigenvalue weighted by Gasteiger charge is -2.36. The molecule has 3 N–H and O–H groups in total. The molecule has 4 aromatic carbocycles. The van der Waals surface area contributed by atoms with Crippen LogP contribution in [-0.2, 0) is 50.9 Å². The first kappa shape index (κ1) is 137. The minimum Gasteiger partial charge on any atom is -0.465 e. The summed E-state index contributed by atoms with van der Waals surface area (Å²) in [7, 11) is 3.16. The van der Waals surface area contributed by atoms with E-state index in [2.05, 4.69) is 284 Å². The Hall–Kier alpha value is -5.07. The van der Waals surface area contributed by atoms with Gasteiger partial charge in [-0.1, -0.05) is 310 Å². The Balaban J connectivity index is -0.00000145. The van der Waals surface area contributed by atoms with Gasteiger partial charge in [-0.2, -0.15) is 9.59 Å². The molecule has 4 aromatic rings. The minimum atomic E-state index is -0.268. The van der Waals surface area contributed by atoms with Gasteiger partial charge < -0.3 is 53.5 Å². The number of aliphatic hydroxyl groups excluding tert-OH is 3. The number of esters is 1. The van der Waals surface area contributed by atoms with Crippen LogP contribution in [0.25, 0.3) is 0 Å². The number of carbonyl (C=O) groups is 1. The van der Waals surface area contributed by atoms with Crippen molar-refractivity contribution in [1.29, 1.82) is 0 Å². The van der Waals surface area contributed by atoms with E-state index in [1.54, 1.807) is 13.2 Å². The second-order valence-corrected chi connectivity index (χ2v) is 44.8. The number of methoxy groups -OCH3 is 2. The van der Waals surface area contributed by atoms with E-state index in [1.807, 2.05) is 57.2 Å². The van der Waals surface area contributed by atoms with Crippen LogP contribution in [0.15, 0.2) is 115 Å². The molecule has 5 unspecified atom stereocenters. The van der Waals surface area contributed by atoms with Gasteiger partial charge in [0.1, 0.15) is 0 Å². The number of ether oxygens (including phenoxy) is 6. The number of benzene rings is 4. The summed E-state index contributed by atoms with van der Waals surface area (Å²) in [5.74, 6) is 13.2. The molecule has 5 atom stereocenters. The Labute approximate surface area is 853 Å². The summed E-state index contributed by atoms with van der Waals surface area (Å²) in [4.78, 5) is 37.6. The van der Waals surface area contributed by atoms with Crippen LogP contribution in [0.2, 0.25) is 0 Å². The number of nitrogens with zero attached hydrogens (tertiary/aromatic N) is 4. The highest BCUT2D eigenvalue weighted by atomic mass is 16.5. The predicted molar refractivity (Wildman–Crippen MR) is 594 cm³/mol. The highest BCUT2D eigenvalue weighted by Gasteiger charge is 2.30. The van der Waals surface area contributed by atoms with E-state index in [0.717, 1.165) is 162 Å². The molecule has 0 radical (unpaired) electrons. The number of piperazine rings is 1. The summed E-state index contributed by atoms with van der Waals surface area (Å²) >= 11 is 0. The quantitative estimate of drug-likeness (QED) is 0.0359. The third-order valence-electron chi connectivity index (χ3n) is 27.6. The van der Waals surface area contributed by atoms with Gasteiger partial charge in [0.25, 0.3) is 0 Å². The molecular formula is C122H224N4O12. The lowest BCUT2D eigenvalue weighted by atomic mass is 9.76. The number of carbonyl (C=O) groups excluding carboxylic acids is 3. The first-order chi connectivity index (χ1) is 65.6. The van der Waals surface area contributed by atoms with Crippen molar-refractivity contribution >= 4 is 23.5 Å². The maximum absolute atomic E-state index is 11.2. The van der Waals surface area contributed by atoms with Gasteiger partial charge in [-0.3, -0.25) is 9.80 Å². The van der Waals surface area contributed by atoms with Crippen molar-refractivity contribution in [3.8, 4) is 0 Å². The van der Waals surface area contributed by atoms with E-state index in [0.29, 0.717) is 47.5 Å². The largest absolute Gasteiger partial charge is 0.465 e.